The van der Waals surface area contributed by atoms with Crippen LogP contribution in [-0.2, 0) is 9.47 Å². The van der Waals surface area contributed by atoms with Crippen molar-refractivity contribution in [2.24, 2.45) is 0 Å². The zero-order chi connectivity index (χ0) is 15.7. The fraction of sp³-hybridized carbons (Fsp3) is 0.571. The molecule has 0 aromatic carbocycles. The number of carbonyl (C=O) groups excluding carboxylic acids is 2. The molecule has 1 heterocycles. The maximum absolute atomic E-state index is 12.3. The minimum Gasteiger partial charge on any atom is -0.465 e. The Balaban J connectivity index is 3.36. The van der Waals surface area contributed by atoms with Crippen molar-refractivity contribution < 1.29 is 19.1 Å². The van der Waals surface area contributed by atoms with Crippen LogP contribution in [0.3, 0.4) is 0 Å². The molecular weight excluding hydrogens is 278 g/mol. The van der Waals surface area contributed by atoms with Gasteiger partial charge in [0.05, 0.1) is 12.7 Å². The van der Waals surface area contributed by atoms with E-state index in [0.29, 0.717) is 10.4 Å². The Kier molecular flexibility index (Phi) is 4.81. The van der Waals surface area contributed by atoms with Gasteiger partial charge in [-0.15, -0.1) is 11.3 Å². The molecule has 2 N–H and O–H groups in total. The van der Waals surface area contributed by atoms with Crippen LogP contribution in [0.25, 0.3) is 0 Å². The van der Waals surface area contributed by atoms with Crippen LogP contribution < -0.4 is 5.73 Å². The fourth-order valence-electron chi connectivity index (χ4n) is 1.80. The maximum Gasteiger partial charge on any atom is 0.348 e. The average Bonchev–Trinajstić information content (AvgIpc) is 2.63. The van der Waals surface area contributed by atoms with Crippen molar-refractivity contribution in [1.82, 2.24) is 0 Å². The molecule has 0 aliphatic rings. The van der Waals surface area contributed by atoms with Crippen molar-refractivity contribution in [3.63, 3.8) is 0 Å². The third kappa shape index (κ3) is 3.50. The molecule has 0 unspecified atom stereocenters. The van der Waals surface area contributed by atoms with Crippen LogP contribution in [-0.4, -0.2) is 24.6 Å². The summed E-state index contributed by atoms with van der Waals surface area (Å²) >= 11 is 1.06. The van der Waals surface area contributed by atoms with Crippen LogP contribution in [0.4, 0.5) is 5.00 Å². The summed E-state index contributed by atoms with van der Waals surface area (Å²) in [6, 6.07) is 0. The van der Waals surface area contributed by atoms with Gasteiger partial charge in [0.15, 0.2) is 0 Å². The van der Waals surface area contributed by atoms with Gasteiger partial charge >= 0.3 is 11.9 Å². The minimum atomic E-state index is -0.620. The van der Waals surface area contributed by atoms with Crippen LogP contribution in [0, 0.1) is 0 Å². The number of hydrogen-bond donors (Lipinski definition) is 1. The number of nitrogen functional groups attached to an aromatic ring is 1. The number of thiophene rings is 1. The summed E-state index contributed by atoms with van der Waals surface area (Å²) in [6.45, 7) is 9.13. The molecule has 1 aromatic rings. The van der Waals surface area contributed by atoms with E-state index in [-0.39, 0.29) is 16.5 Å². The highest BCUT2D eigenvalue weighted by Crippen LogP contribution is 2.37. The molecular formula is C14H21NO4S. The predicted molar refractivity (Wildman–Crippen MR) is 79.3 cm³/mol. The highest BCUT2D eigenvalue weighted by Gasteiger charge is 2.30. The molecule has 0 bridgehead atoms. The lowest BCUT2D eigenvalue weighted by atomic mass is 9.98. The van der Waals surface area contributed by atoms with E-state index < -0.39 is 17.5 Å². The normalized spacial score (nSPS) is 11.6. The monoisotopic (exact) mass is 299 g/mol. The predicted octanol–water partition coefficient (Wildman–Crippen LogP) is 3.20. The highest BCUT2D eigenvalue weighted by atomic mass is 32.1. The second-order valence-electron chi connectivity index (χ2n) is 5.73. The fourth-order valence-corrected chi connectivity index (χ4v) is 2.93. The number of carbonyl (C=O) groups is 2. The number of methoxy groups -OCH3 is 1. The summed E-state index contributed by atoms with van der Waals surface area (Å²) in [7, 11) is 1.30. The molecule has 0 fully saturated rings. The number of esters is 2. The first kappa shape index (κ1) is 16.5. The Morgan fingerprint density at radius 1 is 1.20 bits per heavy atom. The van der Waals surface area contributed by atoms with Gasteiger partial charge in [0.2, 0.25) is 0 Å². The number of hydrogen-bond acceptors (Lipinski definition) is 6. The molecule has 0 atom stereocenters. The Morgan fingerprint density at radius 2 is 1.75 bits per heavy atom. The second kappa shape index (κ2) is 5.83. The van der Waals surface area contributed by atoms with Gasteiger partial charge in [-0.25, -0.2) is 9.59 Å². The zero-order valence-electron chi connectivity index (χ0n) is 12.7. The summed E-state index contributed by atoms with van der Waals surface area (Å²) in [5.41, 5.74) is 6.15. The molecule has 20 heavy (non-hydrogen) atoms. The van der Waals surface area contributed by atoms with Crippen molar-refractivity contribution >= 4 is 28.3 Å². The standard InChI is InChI=1S/C14H21NO4S/c1-7(2)8-9(12(16)19-14(3,4)5)11(15)20-10(8)13(17)18-6/h7H,15H2,1-6H3. The minimum absolute atomic E-state index is 0.0415. The first-order valence-electron chi connectivity index (χ1n) is 6.32. The van der Waals surface area contributed by atoms with Crippen molar-refractivity contribution in [2.75, 3.05) is 12.8 Å². The molecule has 0 saturated carbocycles. The molecule has 0 amide bonds. The van der Waals surface area contributed by atoms with Crippen LogP contribution in [0.15, 0.2) is 0 Å². The summed E-state index contributed by atoms with van der Waals surface area (Å²) in [5.74, 6) is -1.04. The molecule has 1 rings (SSSR count). The van der Waals surface area contributed by atoms with E-state index in [1.54, 1.807) is 20.8 Å². The Hall–Kier alpha value is -1.56. The molecule has 0 aliphatic carbocycles. The molecule has 5 nitrogen and oxygen atoms in total. The molecule has 0 radical (unpaired) electrons. The topological polar surface area (TPSA) is 78.6 Å². The van der Waals surface area contributed by atoms with E-state index in [0.717, 1.165) is 11.3 Å². The van der Waals surface area contributed by atoms with E-state index in [4.69, 9.17) is 15.2 Å². The summed E-state index contributed by atoms with van der Waals surface area (Å²) in [5, 5.41) is 0.281. The van der Waals surface area contributed by atoms with Crippen LogP contribution in [0.5, 0.6) is 0 Å². The van der Waals surface area contributed by atoms with Gasteiger partial charge < -0.3 is 15.2 Å². The van der Waals surface area contributed by atoms with Gasteiger partial charge in [0, 0.05) is 0 Å². The molecule has 112 valence electrons. The number of anilines is 1. The van der Waals surface area contributed by atoms with E-state index in [1.165, 1.54) is 7.11 Å². The highest BCUT2D eigenvalue weighted by molar-refractivity contribution is 7.18. The maximum atomic E-state index is 12.3. The molecule has 0 aliphatic heterocycles. The van der Waals surface area contributed by atoms with Gasteiger partial charge in [-0.2, -0.15) is 0 Å². The smallest absolute Gasteiger partial charge is 0.348 e. The summed E-state index contributed by atoms with van der Waals surface area (Å²) in [6.07, 6.45) is 0. The van der Waals surface area contributed by atoms with E-state index in [2.05, 4.69) is 0 Å². The number of ether oxygens (including phenoxy) is 2. The van der Waals surface area contributed by atoms with Crippen LogP contribution in [0.2, 0.25) is 0 Å². The molecule has 1 aromatic heterocycles. The lowest BCUT2D eigenvalue weighted by Crippen LogP contribution is -2.25. The number of nitrogens with two attached hydrogens (primary N) is 1. The van der Waals surface area contributed by atoms with Gasteiger partial charge in [0.25, 0.3) is 0 Å². The van der Waals surface area contributed by atoms with Crippen molar-refractivity contribution in [3.05, 3.63) is 16.0 Å². The molecule has 6 heteroatoms. The first-order chi connectivity index (χ1) is 9.08. The summed E-state index contributed by atoms with van der Waals surface area (Å²) in [4.78, 5) is 24.4. The lowest BCUT2D eigenvalue weighted by Gasteiger charge is -2.20. The van der Waals surface area contributed by atoms with Gasteiger partial charge in [0.1, 0.15) is 15.5 Å². The van der Waals surface area contributed by atoms with Gasteiger partial charge in [-0.05, 0) is 32.3 Å². The van der Waals surface area contributed by atoms with Crippen molar-refractivity contribution in [2.45, 2.75) is 46.1 Å². The third-order valence-electron chi connectivity index (χ3n) is 2.52. The number of rotatable bonds is 3. The largest absolute Gasteiger partial charge is 0.465 e. The van der Waals surface area contributed by atoms with Crippen molar-refractivity contribution in [1.29, 1.82) is 0 Å². The van der Waals surface area contributed by atoms with E-state index in [9.17, 15) is 9.59 Å². The lowest BCUT2D eigenvalue weighted by molar-refractivity contribution is 0.00698. The van der Waals surface area contributed by atoms with Gasteiger partial charge in [-0.3, -0.25) is 0 Å². The second-order valence-corrected chi connectivity index (χ2v) is 6.78. The van der Waals surface area contributed by atoms with Crippen molar-refractivity contribution in [3.8, 4) is 0 Å². The Bertz CT molecular complexity index is 526. The zero-order valence-corrected chi connectivity index (χ0v) is 13.5. The average molecular weight is 299 g/mol. The van der Waals surface area contributed by atoms with Crippen LogP contribution >= 0.6 is 11.3 Å². The van der Waals surface area contributed by atoms with E-state index in [1.807, 2.05) is 13.8 Å². The molecule has 0 spiro atoms. The molecule has 0 saturated heterocycles. The Morgan fingerprint density at radius 3 is 2.15 bits per heavy atom. The summed E-state index contributed by atoms with van der Waals surface area (Å²) < 4.78 is 10.1. The quantitative estimate of drug-likeness (QED) is 0.867. The SMILES string of the molecule is COC(=O)c1sc(N)c(C(=O)OC(C)(C)C)c1C(C)C. The van der Waals surface area contributed by atoms with Gasteiger partial charge in [-0.1, -0.05) is 13.8 Å². The first-order valence-corrected chi connectivity index (χ1v) is 7.14. The van der Waals surface area contributed by atoms with E-state index >= 15 is 0 Å². The third-order valence-corrected chi connectivity index (χ3v) is 3.54. The Labute approximate surface area is 123 Å². The van der Waals surface area contributed by atoms with Crippen LogP contribution in [0.1, 0.15) is 66.1 Å².